The van der Waals surface area contributed by atoms with E-state index in [4.69, 9.17) is 0 Å². The topological polar surface area (TPSA) is 23.6 Å². The number of nitrogens with zero attached hydrogens (tertiary/aromatic N) is 2. The van der Waals surface area contributed by atoms with Gasteiger partial charge in [-0.15, -0.1) is 0 Å². The van der Waals surface area contributed by atoms with E-state index >= 15 is 0 Å². The van der Waals surface area contributed by atoms with E-state index in [2.05, 4.69) is 23.8 Å². The fourth-order valence-corrected chi connectivity index (χ4v) is 4.91. The molecule has 0 N–H and O–H groups in total. The number of fused-ring (bicyclic) bond motifs is 2. The second-order valence-electron chi connectivity index (χ2n) is 7.69. The lowest BCUT2D eigenvalue weighted by atomic mass is 9.78. The van der Waals surface area contributed by atoms with Gasteiger partial charge in [-0.3, -0.25) is 9.69 Å². The van der Waals surface area contributed by atoms with Crippen LogP contribution in [0.25, 0.3) is 0 Å². The molecule has 120 valence electrons. The van der Waals surface area contributed by atoms with Gasteiger partial charge in [-0.25, -0.2) is 0 Å². The van der Waals surface area contributed by atoms with E-state index in [1.165, 1.54) is 45.2 Å². The summed E-state index contributed by atoms with van der Waals surface area (Å²) in [4.78, 5) is 17.5. The first-order valence-corrected chi connectivity index (χ1v) is 9.14. The van der Waals surface area contributed by atoms with Crippen molar-refractivity contribution in [1.29, 1.82) is 0 Å². The molecule has 0 aromatic heterocycles. The van der Waals surface area contributed by atoms with E-state index in [9.17, 15) is 4.79 Å². The van der Waals surface area contributed by atoms with Crippen LogP contribution < -0.4 is 0 Å². The van der Waals surface area contributed by atoms with Gasteiger partial charge in [0.1, 0.15) is 5.78 Å². The van der Waals surface area contributed by atoms with Gasteiger partial charge in [0.05, 0.1) is 0 Å². The standard InChI is InChI=1S/C18H32N2O/c1-3-4-14-5-8-18(21)15(11-14)12-20-10-9-16-6-7-17(13-20)19(16)2/h14-17H,3-13H2,1-2H3. The Kier molecular flexibility index (Phi) is 5.00. The highest BCUT2D eigenvalue weighted by molar-refractivity contribution is 5.81. The Bertz CT molecular complexity index is 370. The molecule has 3 aliphatic rings. The molecule has 3 nitrogen and oxygen atoms in total. The molecular formula is C18H32N2O. The molecule has 21 heavy (non-hydrogen) atoms. The molecule has 1 saturated carbocycles. The summed E-state index contributed by atoms with van der Waals surface area (Å²) >= 11 is 0. The smallest absolute Gasteiger partial charge is 0.137 e. The summed E-state index contributed by atoms with van der Waals surface area (Å²) in [7, 11) is 2.30. The molecule has 0 spiro atoms. The molecule has 0 amide bonds. The van der Waals surface area contributed by atoms with Crippen LogP contribution in [0.4, 0.5) is 0 Å². The molecule has 0 radical (unpaired) electrons. The van der Waals surface area contributed by atoms with Crippen LogP contribution in [-0.2, 0) is 4.79 Å². The number of carbonyl (C=O) groups is 1. The Morgan fingerprint density at radius 3 is 2.76 bits per heavy atom. The number of carbonyl (C=O) groups excluding carboxylic acids is 1. The van der Waals surface area contributed by atoms with Gasteiger partial charge in [0, 0.05) is 37.5 Å². The van der Waals surface area contributed by atoms with Crippen LogP contribution >= 0.6 is 0 Å². The molecule has 3 rings (SSSR count). The van der Waals surface area contributed by atoms with E-state index in [1.54, 1.807) is 0 Å². The maximum Gasteiger partial charge on any atom is 0.137 e. The third-order valence-corrected chi connectivity index (χ3v) is 6.28. The van der Waals surface area contributed by atoms with Crippen molar-refractivity contribution in [3.63, 3.8) is 0 Å². The van der Waals surface area contributed by atoms with E-state index in [0.717, 1.165) is 43.8 Å². The normalized spacial score (nSPS) is 38.7. The molecule has 2 bridgehead atoms. The largest absolute Gasteiger partial charge is 0.301 e. The lowest BCUT2D eigenvalue weighted by molar-refractivity contribution is -0.126. The average Bonchev–Trinajstić information content (AvgIpc) is 2.71. The lowest BCUT2D eigenvalue weighted by Crippen LogP contribution is -2.41. The van der Waals surface area contributed by atoms with E-state index < -0.39 is 0 Å². The van der Waals surface area contributed by atoms with Crippen LogP contribution in [0.1, 0.15) is 58.3 Å². The van der Waals surface area contributed by atoms with Crippen molar-refractivity contribution in [3.05, 3.63) is 0 Å². The van der Waals surface area contributed by atoms with Gasteiger partial charge in [-0.1, -0.05) is 19.8 Å². The summed E-state index contributed by atoms with van der Waals surface area (Å²) in [5.74, 6) is 1.69. The van der Waals surface area contributed by atoms with Crippen LogP contribution in [-0.4, -0.2) is 54.3 Å². The van der Waals surface area contributed by atoms with Crippen LogP contribution in [0.5, 0.6) is 0 Å². The molecule has 3 fully saturated rings. The highest BCUT2D eigenvalue weighted by Gasteiger charge is 2.36. The molecule has 1 aliphatic carbocycles. The van der Waals surface area contributed by atoms with Gasteiger partial charge in [0.25, 0.3) is 0 Å². The number of hydrogen-bond donors (Lipinski definition) is 0. The summed E-state index contributed by atoms with van der Waals surface area (Å²) in [5.41, 5.74) is 0. The molecule has 4 atom stereocenters. The van der Waals surface area contributed by atoms with Crippen molar-refractivity contribution >= 4 is 5.78 Å². The van der Waals surface area contributed by atoms with Gasteiger partial charge in [0.15, 0.2) is 0 Å². The summed E-state index contributed by atoms with van der Waals surface area (Å²) in [6.45, 7) is 5.70. The number of likely N-dealkylation sites (N-methyl/N-ethyl adjacent to an activating group) is 1. The lowest BCUT2D eigenvalue weighted by Gasteiger charge is -2.33. The van der Waals surface area contributed by atoms with Gasteiger partial charge < -0.3 is 4.90 Å². The SMILES string of the molecule is CCCC1CCC(=O)C(CN2CCC3CCC(C2)N3C)C1. The predicted octanol–water partition coefficient (Wildman–Crippen LogP) is 2.94. The summed E-state index contributed by atoms with van der Waals surface area (Å²) in [6.07, 6.45) is 9.77. The maximum atomic E-state index is 12.3. The zero-order chi connectivity index (χ0) is 14.8. The molecule has 0 aromatic rings. The second-order valence-corrected chi connectivity index (χ2v) is 7.69. The van der Waals surface area contributed by atoms with Crippen molar-refractivity contribution in [2.75, 3.05) is 26.7 Å². The predicted molar refractivity (Wildman–Crippen MR) is 86.4 cm³/mol. The first-order chi connectivity index (χ1) is 10.2. The number of hydrogen-bond acceptors (Lipinski definition) is 3. The minimum atomic E-state index is 0.331. The van der Waals surface area contributed by atoms with E-state index in [1.807, 2.05) is 0 Å². The van der Waals surface area contributed by atoms with Crippen molar-refractivity contribution in [3.8, 4) is 0 Å². The monoisotopic (exact) mass is 292 g/mol. The van der Waals surface area contributed by atoms with Gasteiger partial charge in [0.2, 0.25) is 0 Å². The Balaban J connectivity index is 1.56. The van der Waals surface area contributed by atoms with Gasteiger partial charge >= 0.3 is 0 Å². The quantitative estimate of drug-likeness (QED) is 0.796. The molecule has 3 heteroatoms. The fourth-order valence-electron chi connectivity index (χ4n) is 4.91. The summed E-state index contributed by atoms with van der Waals surface area (Å²) < 4.78 is 0. The van der Waals surface area contributed by atoms with E-state index in [-0.39, 0.29) is 0 Å². The first kappa shape index (κ1) is 15.5. The number of likely N-dealkylation sites (tertiary alicyclic amines) is 1. The Hall–Kier alpha value is -0.410. The van der Waals surface area contributed by atoms with Crippen molar-refractivity contribution in [1.82, 2.24) is 9.80 Å². The van der Waals surface area contributed by atoms with Crippen molar-refractivity contribution in [2.45, 2.75) is 70.4 Å². The minimum absolute atomic E-state index is 0.331. The number of rotatable bonds is 4. The molecule has 4 unspecified atom stereocenters. The molecular weight excluding hydrogens is 260 g/mol. The molecule has 0 aromatic carbocycles. The third-order valence-electron chi connectivity index (χ3n) is 6.28. The fraction of sp³-hybridized carbons (Fsp3) is 0.944. The van der Waals surface area contributed by atoms with Crippen molar-refractivity contribution < 1.29 is 4.79 Å². The Morgan fingerprint density at radius 2 is 1.95 bits per heavy atom. The van der Waals surface area contributed by atoms with Crippen molar-refractivity contribution in [2.24, 2.45) is 11.8 Å². The van der Waals surface area contributed by atoms with Crippen LogP contribution in [0.3, 0.4) is 0 Å². The third kappa shape index (κ3) is 3.50. The Labute approximate surface area is 130 Å². The number of Topliss-reactive ketones (excluding diaryl/α,β-unsaturated/α-hetero) is 1. The van der Waals surface area contributed by atoms with Crippen LogP contribution in [0.15, 0.2) is 0 Å². The highest BCUT2D eigenvalue weighted by Crippen LogP contribution is 2.32. The maximum absolute atomic E-state index is 12.3. The zero-order valence-electron chi connectivity index (χ0n) is 13.9. The van der Waals surface area contributed by atoms with E-state index in [0.29, 0.717) is 11.7 Å². The zero-order valence-corrected chi connectivity index (χ0v) is 13.9. The van der Waals surface area contributed by atoms with Crippen LogP contribution in [0, 0.1) is 11.8 Å². The second kappa shape index (κ2) is 6.78. The number of ketones is 1. The molecule has 2 heterocycles. The summed E-state index contributed by atoms with van der Waals surface area (Å²) in [5, 5.41) is 0. The van der Waals surface area contributed by atoms with Gasteiger partial charge in [-0.05, 0) is 51.6 Å². The average molecular weight is 292 g/mol. The van der Waals surface area contributed by atoms with Gasteiger partial charge in [-0.2, -0.15) is 0 Å². The Morgan fingerprint density at radius 1 is 1.14 bits per heavy atom. The first-order valence-electron chi connectivity index (χ1n) is 9.14. The summed E-state index contributed by atoms with van der Waals surface area (Å²) in [6, 6.07) is 1.54. The van der Waals surface area contributed by atoms with Crippen LogP contribution in [0.2, 0.25) is 0 Å². The molecule has 2 aliphatic heterocycles. The highest BCUT2D eigenvalue weighted by atomic mass is 16.1. The molecule has 2 saturated heterocycles. The minimum Gasteiger partial charge on any atom is -0.301 e.